The van der Waals surface area contributed by atoms with Crippen LogP contribution in [0.2, 0.25) is 0 Å². The van der Waals surface area contributed by atoms with E-state index >= 15 is 0 Å². The highest BCUT2D eigenvalue weighted by atomic mass is 16.5. The summed E-state index contributed by atoms with van der Waals surface area (Å²) in [5.41, 5.74) is 3.55. The summed E-state index contributed by atoms with van der Waals surface area (Å²) in [6, 6.07) is 17.1. The van der Waals surface area contributed by atoms with Crippen LogP contribution in [0.5, 0.6) is 0 Å². The number of hydrogen-bond acceptors (Lipinski definition) is 6. The van der Waals surface area contributed by atoms with Gasteiger partial charge in [0.15, 0.2) is 5.43 Å². The molecule has 0 saturated carbocycles. The number of fused-ring (bicyclic) bond motifs is 2. The Morgan fingerprint density at radius 1 is 0.971 bits per heavy atom. The van der Waals surface area contributed by atoms with Crippen molar-refractivity contribution >= 4 is 34.0 Å². The summed E-state index contributed by atoms with van der Waals surface area (Å²) < 4.78 is 6.31. The van der Waals surface area contributed by atoms with Crippen molar-refractivity contribution in [3.05, 3.63) is 93.1 Å². The lowest BCUT2D eigenvalue weighted by molar-refractivity contribution is -0.112. The smallest absolute Gasteiger partial charge is 0.296 e. The molecule has 0 fully saturated rings. The van der Waals surface area contributed by atoms with E-state index in [2.05, 4.69) is 5.32 Å². The van der Waals surface area contributed by atoms with E-state index in [1.807, 2.05) is 43.3 Å². The van der Waals surface area contributed by atoms with Gasteiger partial charge in [0.1, 0.15) is 11.3 Å². The minimum absolute atomic E-state index is 0.112. The Labute approximate surface area is 195 Å². The Balaban J connectivity index is 1.70. The van der Waals surface area contributed by atoms with Crippen LogP contribution in [0.1, 0.15) is 40.0 Å². The third kappa shape index (κ3) is 3.29. The van der Waals surface area contributed by atoms with E-state index in [0.717, 1.165) is 16.2 Å². The highest BCUT2D eigenvalue weighted by Gasteiger charge is 2.33. The molecule has 5 rings (SSSR count). The van der Waals surface area contributed by atoms with Gasteiger partial charge in [-0.2, -0.15) is 0 Å². The molecule has 0 spiro atoms. The predicted molar refractivity (Wildman–Crippen MR) is 129 cm³/mol. The summed E-state index contributed by atoms with van der Waals surface area (Å²) in [5.74, 6) is -0.983. The summed E-state index contributed by atoms with van der Waals surface area (Å²) in [7, 11) is 0. The van der Waals surface area contributed by atoms with Crippen LogP contribution in [0.3, 0.4) is 0 Å². The van der Waals surface area contributed by atoms with Gasteiger partial charge in [0.05, 0.1) is 28.4 Å². The van der Waals surface area contributed by atoms with E-state index in [4.69, 9.17) is 4.42 Å². The Hall–Kier alpha value is -4.23. The fourth-order valence-corrected chi connectivity index (χ4v) is 4.45. The maximum Gasteiger partial charge on any atom is 0.296 e. The molecule has 34 heavy (non-hydrogen) atoms. The zero-order chi connectivity index (χ0) is 24.1. The van der Waals surface area contributed by atoms with Gasteiger partial charge in [-0.05, 0) is 44.5 Å². The molecule has 1 aromatic heterocycles. The predicted octanol–water partition coefficient (Wildman–Crippen LogP) is 5.17. The van der Waals surface area contributed by atoms with Crippen molar-refractivity contribution in [3.8, 4) is 11.3 Å². The molecule has 1 aliphatic rings. The number of nitrogens with one attached hydrogen (secondary N) is 1. The van der Waals surface area contributed by atoms with Crippen molar-refractivity contribution in [1.82, 2.24) is 0 Å². The van der Waals surface area contributed by atoms with E-state index < -0.39 is 17.7 Å². The third-order valence-corrected chi connectivity index (χ3v) is 6.22. The summed E-state index contributed by atoms with van der Waals surface area (Å²) in [4.78, 5) is 37.6. The molecular weight excluding hydrogens is 432 g/mol. The van der Waals surface area contributed by atoms with E-state index in [9.17, 15) is 19.6 Å². The first-order valence-electron chi connectivity index (χ1n) is 10.9. The molecule has 2 heterocycles. The quantitative estimate of drug-likeness (QED) is 0.326. The first kappa shape index (κ1) is 21.6. The fourth-order valence-electron chi connectivity index (χ4n) is 4.45. The van der Waals surface area contributed by atoms with Gasteiger partial charge >= 0.3 is 0 Å². The molecular formula is C27H22N2O5. The number of hydroxylamine groups is 1. The first-order valence-corrected chi connectivity index (χ1v) is 10.9. The number of carbonyl (C=O) groups is 2. The number of amides is 1. The van der Waals surface area contributed by atoms with Gasteiger partial charge in [0.25, 0.3) is 11.7 Å². The van der Waals surface area contributed by atoms with Crippen LogP contribution in [0.25, 0.3) is 22.3 Å². The zero-order valence-electron chi connectivity index (χ0n) is 18.9. The molecule has 170 valence electrons. The standard InChI is InChI=1S/C27H22N2O5/c1-14-12-18(16(3)29(33)21-11-7-10-20-22(21)24(31)27(32)28-20)26-19(13-14)23(30)15(2)25(34-26)17-8-5-4-6-9-17/h4-13,16,33H,1-3H3,(H,28,31,32). The first-order chi connectivity index (χ1) is 16.3. The average Bonchev–Trinajstić information content (AvgIpc) is 3.14. The number of aryl methyl sites for hydroxylation is 1. The largest absolute Gasteiger partial charge is 0.455 e. The molecule has 4 aromatic rings. The van der Waals surface area contributed by atoms with Crippen LogP contribution in [0, 0.1) is 13.8 Å². The minimum atomic E-state index is -0.738. The fraction of sp³-hybridized carbons (Fsp3) is 0.148. The van der Waals surface area contributed by atoms with E-state index in [1.54, 1.807) is 38.1 Å². The van der Waals surface area contributed by atoms with Gasteiger partial charge in [-0.1, -0.05) is 42.5 Å². The molecule has 1 amide bonds. The van der Waals surface area contributed by atoms with Crippen LogP contribution >= 0.6 is 0 Å². The monoisotopic (exact) mass is 454 g/mol. The van der Waals surface area contributed by atoms with Crippen LogP contribution < -0.4 is 15.8 Å². The number of nitrogens with zero attached hydrogens (tertiary/aromatic N) is 1. The molecule has 0 saturated heterocycles. The molecule has 1 atom stereocenters. The van der Waals surface area contributed by atoms with Crippen LogP contribution in [-0.4, -0.2) is 16.9 Å². The van der Waals surface area contributed by atoms with E-state index in [1.165, 1.54) is 0 Å². The molecule has 3 aromatic carbocycles. The van der Waals surface area contributed by atoms with Gasteiger partial charge < -0.3 is 9.73 Å². The van der Waals surface area contributed by atoms with Gasteiger partial charge in [-0.3, -0.25) is 19.6 Å². The Morgan fingerprint density at radius 2 is 1.71 bits per heavy atom. The van der Waals surface area contributed by atoms with Crippen LogP contribution in [-0.2, 0) is 4.79 Å². The normalized spacial score (nSPS) is 13.6. The van der Waals surface area contributed by atoms with E-state index in [0.29, 0.717) is 33.5 Å². The van der Waals surface area contributed by atoms with Crippen molar-refractivity contribution in [1.29, 1.82) is 0 Å². The van der Waals surface area contributed by atoms with Gasteiger partial charge in [0, 0.05) is 16.7 Å². The summed E-state index contributed by atoms with van der Waals surface area (Å²) in [5, 5.41) is 15.1. The Kier molecular flexibility index (Phi) is 5.06. The van der Waals surface area contributed by atoms with Crippen molar-refractivity contribution in [3.63, 3.8) is 0 Å². The average molecular weight is 454 g/mol. The van der Waals surface area contributed by atoms with Gasteiger partial charge in [0.2, 0.25) is 0 Å². The number of Topliss-reactive ketones (excluding diaryl/α,β-unsaturated/α-hetero) is 1. The lowest BCUT2D eigenvalue weighted by Crippen LogP contribution is -2.25. The summed E-state index contributed by atoms with van der Waals surface area (Å²) >= 11 is 0. The number of benzene rings is 3. The number of anilines is 2. The van der Waals surface area contributed by atoms with Crippen molar-refractivity contribution in [2.24, 2.45) is 0 Å². The van der Waals surface area contributed by atoms with Gasteiger partial charge in [-0.25, -0.2) is 5.06 Å². The highest BCUT2D eigenvalue weighted by molar-refractivity contribution is 6.52. The third-order valence-electron chi connectivity index (χ3n) is 6.22. The van der Waals surface area contributed by atoms with E-state index in [-0.39, 0.29) is 16.7 Å². The second kappa shape index (κ2) is 7.97. The topological polar surface area (TPSA) is 99.8 Å². The van der Waals surface area contributed by atoms with Crippen molar-refractivity contribution in [2.45, 2.75) is 26.8 Å². The van der Waals surface area contributed by atoms with Crippen molar-refractivity contribution < 1.29 is 19.2 Å². The molecule has 7 heteroatoms. The van der Waals surface area contributed by atoms with Gasteiger partial charge in [-0.15, -0.1) is 0 Å². The Bertz CT molecular complexity index is 1540. The maximum absolute atomic E-state index is 13.3. The second-order valence-electron chi connectivity index (χ2n) is 8.49. The number of ketones is 1. The molecule has 1 unspecified atom stereocenters. The molecule has 0 radical (unpaired) electrons. The summed E-state index contributed by atoms with van der Waals surface area (Å²) in [6.07, 6.45) is 0. The molecule has 0 aliphatic carbocycles. The molecule has 2 N–H and O–H groups in total. The maximum atomic E-state index is 13.3. The highest BCUT2D eigenvalue weighted by Crippen LogP contribution is 2.38. The van der Waals surface area contributed by atoms with Crippen LogP contribution in [0.15, 0.2) is 69.9 Å². The molecule has 0 bridgehead atoms. The Morgan fingerprint density at radius 3 is 2.44 bits per heavy atom. The SMILES string of the molecule is Cc1cc(C(C)N(O)c2cccc3c2C(=O)C(=O)N3)c2oc(-c3ccccc3)c(C)c(=O)c2c1. The summed E-state index contributed by atoms with van der Waals surface area (Å²) in [6.45, 7) is 5.34. The number of hydrogen-bond donors (Lipinski definition) is 2. The van der Waals surface area contributed by atoms with Crippen LogP contribution in [0.4, 0.5) is 11.4 Å². The lowest BCUT2D eigenvalue weighted by Gasteiger charge is -2.27. The molecule has 1 aliphatic heterocycles. The lowest BCUT2D eigenvalue weighted by atomic mass is 9.98. The number of carbonyl (C=O) groups excluding carboxylic acids is 2. The molecule has 7 nitrogen and oxygen atoms in total. The zero-order valence-corrected chi connectivity index (χ0v) is 18.9. The minimum Gasteiger partial charge on any atom is -0.455 e. The van der Waals surface area contributed by atoms with Crippen molar-refractivity contribution in [2.75, 3.05) is 10.4 Å². The number of rotatable bonds is 4. The second-order valence-corrected chi connectivity index (χ2v) is 8.49.